The second-order valence-electron chi connectivity index (χ2n) is 10.7. The number of hydrogen-bond donors (Lipinski definition) is 0. The Morgan fingerprint density at radius 3 is 1.68 bits per heavy atom. The number of piperazine rings is 1. The number of nitrogens with zero attached hydrogens (tertiary/aromatic N) is 4. The van der Waals surface area contributed by atoms with Gasteiger partial charge < -0.3 is 19.4 Å². The third-order valence-electron chi connectivity index (χ3n) is 8.15. The van der Waals surface area contributed by atoms with Crippen molar-refractivity contribution in [2.24, 2.45) is 0 Å². The summed E-state index contributed by atoms with van der Waals surface area (Å²) in [7, 11) is 0. The zero-order valence-corrected chi connectivity index (χ0v) is 22.5. The highest BCUT2D eigenvalue weighted by atomic mass is 16.5. The van der Waals surface area contributed by atoms with E-state index in [-0.39, 0.29) is 23.8 Å². The van der Waals surface area contributed by atoms with Gasteiger partial charge in [0.05, 0.1) is 6.54 Å². The van der Waals surface area contributed by atoms with Gasteiger partial charge in [-0.3, -0.25) is 19.3 Å². The molecule has 3 heterocycles. The van der Waals surface area contributed by atoms with Gasteiger partial charge in [0.25, 0.3) is 17.7 Å². The fourth-order valence-corrected chi connectivity index (χ4v) is 5.73. The zero-order chi connectivity index (χ0) is 27.5. The maximum absolute atomic E-state index is 13.0. The van der Waals surface area contributed by atoms with Crippen molar-refractivity contribution in [3.63, 3.8) is 0 Å². The summed E-state index contributed by atoms with van der Waals surface area (Å²) in [4.78, 5) is 46.4. The van der Waals surface area contributed by atoms with Crippen LogP contribution in [0.25, 0.3) is 0 Å². The van der Waals surface area contributed by atoms with Crippen LogP contribution < -0.4 is 4.74 Å². The Morgan fingerprint density at radius 2 is 1.07 bits per heavy atom. The molecule has 0 aliphatic carbocycles. The summed E-state index contributed by atoms with van der Waals surface area (Å²) in [5, 5.41) is 0. The van der Waals surface area contributed by atoms with E-state index >= 15 is 0 Å². The molecule has 1 atom stereocenters. The highest BCUT2D eigenvalue weighted by molar-refractivity contribution is 5.95. The van der Waals surface area contributed by atoms with Gasteiger partial charge in [0.15, 0.2) is 0 Å². The van der Waals surface area contributed by atoms with Crippen molar-refractivity contribution in [3.05, 3.63) is 102 Å². The van der Waals surface area contributed by atoms with Crippen LogP contribution in [0.1, 0.15) is 37.5 Å². The van der Waals surface area contributed by atoms with Crippen LogP contribution in [0.2, 0.25) is 0 Å². The molecule has 0 N–H and O–H groups in total. The van der Waals surface area contributed by atoms with Crippen LogP contribution in [0, 0.1) is 0 Å². The molecule has 0 saturated carbocycles. The lowest BCUT2D eigenvalue weighted by Crippen LogP contribution is -2.64. The monoisotopic (exact) mass is 538 g/mol. The summed E-state index contributed by atoms with van der Waals surface area (Å²) in [6, 6.07) is 26.4. The van der Waals surface area contributed by atoms with Crippen molar-refractivity contribution < 1.29 is 19.1 Å². The zero-order valence-electron chi connectivity index (χ0n) is 22.5. The Labute approximate surface area is 234 Å². The third kappa shape index (κ3) is 5.58. The molecule has 3 aromatic rings. The second-order valence-corrected chi connectivity index (χ2v) is 10.7. The average Bonchev–Trinajstić information content (AvgIpc) is 3.45. The van der Waals surface area contributed by atoms with Gasteiger partial charge in [-0.2, -0.15) is 0 Å². The minimum absolute atomic E-state index is 0.0289. The van der Waals surface area contributed by atoms with E-state index in [4.69, 9.17) is 4.74 Å². The predicted octanol–water partition coefficient (Wildman–Crippen LogP) is 3.26. The largest absolute Gasteiger partial charge is 0.489 e. The number of carbonyl (C=O) groups is 3. The quantitative estimate of drug-likeness (QED) is 0.482. The van der Waals surface area contributed by atoms with Crippen LogP contribution in [0.15, 0.2) is 84.9 Å². The molecule has 3 amide bonds. The lowest BCUT2D eigenvalue weighted by molar-refractivity contribution is 0.00853. The highest BCUT2D eigenvalue weighted by Gasteiger charge is 2.37. The van der Waals surface area contributed by atoms with Gasteiger partial charge in [-0.1, -0.05) is 36.4 Å². The van der Waals surface area contributed by atoms with Gasteiger partial charge >= 0.3 is 0 Å². The standard InChI is InChI=1S/C32H34N4O4/c37-30(24-7-3-1-4-8-24)34-19-17-33(18-20-34)27-21-36(22-27)32(39)26-11-13-28(14-12-26)40-29-15-16-35(23-29)31(38)25-9-5-2-6-10-25/h1-14,27,29H,15-23H2/t29-/m1/s1. The number of amides is 3. The fraction of sp³-hybridized carbons (Fsp3) is 0.344. The van der Waals surface area contributed by atoms with Gasteiger partial charge in [0.2, 0.25) is 0 Å². The van der Waals surface area contributed by atoms with E-state index in [1.54, 1.807) is 0 Å². The number of hydrogen-bond acceptors (Lipinski definition) is 5. The average molecular weight is 539 g/mol. The number of likely N-dealkylation sites (tertiary alicyclic amines) is 2. The van der Waals surface area contributed by atoms with Crippen molar-refractivity contribution in [2.45, 2.75) is 18.6 Å². The minimum atomic E-state index is -0.0613. The van der Waals surface area contributed by atoms with E-state index in [2.05, 4.69) is 4.90 Å². The fourth-order valence-electron chi connectivity index (χ4n) is 5.73. The van der Waals surface area contributed by atoms with E-state index in [9.17, 15) is 14.4 Å². The lowest BCUT2D eigenvalue weighted by Gasteiger charge is -2.48. The maximum atomic E-state index is 13.0. The molecular formula is C32H34N4O4. The van der Waals surface area contributed by atoms with Crippen molar-refractivity contribution in [2.75, 3.05) is 52.4 Å². The molecule has 0 aromatic heterocycles. The first-order valence-electron chi connectivity index (χ1n) is 14.0. The van der Waals surface area contributed by atoms with Crippen LogP contribution in [0.5, 0.6) is 5.75 Å². The van der Waals surface area contributed by atoms with Gasteiger partial charge in [0.1, 0.15) is 11.9 Å². The van der Waals surface area contributed by atoms with Crippen molar-refractivity contribution in [1.82, 2.24) is 19.6 Å². The summed E-state index contributed by atoms with van der Waals surface area (Å²) in [5.41, 5.74) is 2.08. The highest BCUT2D eigenvalue weighted by Crippen LogP contribution is 2.24. The number of rotatable bonds is 6. The summed E-state index contributed by atoms with van der Waals surface area (Å²) in [6.45, 7) is 5.70. The number of carbonyl (C=O) groups excluding carboxylic acids is 3. The van der Waals surface area contributed by atoms with E-state index in [1.807, 2.05) is 99.6 Å². The Bertz CT molecular complexity index is 1330. The van der Waals surface area contributed by atoms with Crippen LogP contribution in [-0.2, 0) is 0 Å². The molecule has 6 rings (SSSR count). The molecule has 3 aliphatic rings. The topological polar surface area (TPSA) is 73.4 Å². The molecule has 3 aromatic carbocycles. The van der Waals surface area contributed by atoms with Gasteiger partial charge in [-0.15, -0.1) is 0 Å². The van der Waals surface area contributed by atoms with E-state index in [0.29, 0.717) is 62.2 Å². The van der Waals surface area contributed by atoms with Crippen molar-refractivity contribution in [3.8, 4) is 5.75 Å². The summed E-state index contributed by atoms with van der Waals surface area (Å²) in [6.07, 6.45) is 0.720. The number of benzene rings is 3. The normalized spacial score (nSPS) is 19.8. The first kappa shape index (κ1) is 26.1. The Morgan fingerprint density at radius 1 is 0.550 bits per heavy atom. The molecule has 8 heteroatoms. The summed E-state index contributed by atoms with van der Waals surface area (Å²) in [5.74, 6) is 0.855. The summed E-state index contributed by atoms with van der Waals surface area (Å²) < 4.78 is 6.12. The van der Waals surface area contributed by atoms with Gasteiger partial charge in [-0.25, -0.2) is 0 Å². The van der Waals surface area contributed by atoms with Crippen molar-refractivity contribution in [1.29, 1.82) is 0 Å². The molecule has 8 nitrogen and oxygen atoms in total. The van der Waals surface area contributed by atoms with Crippen LogP contribution in [-0.4, -0.2) is 102 Å². The van der Waals surface area contributed by atoms with E-state index in [0.717, 1.165) is 25.1 Å². The molecule has 206 valence electrons. The molecule has 40 heavy (non-hydrogen) atoms. The minimum Gasteiger partial charge on any atom is -0.489 e. The summed E-state index contributed by atoms with van der Waals surface area (Å²) >= 11 is 0. The van der Waals surface area contributed by atoms with E-state index < -0.39 is 0 Å². The molecular weight excluding hydrogens is 504 g/mol. The molecule has 0 unspecified atom stereocenters. The van der Waals surface area contributed by atoms with Crippen LogP contribution >= 0.6 is 0 Å². The maximum Gasteiger partial charge on any atom is 0.253 e. The molecule has 3 saturated heterocycles. The Kier molecular flexibility index (Phi) is 7.51. The second kappa shape index (κ2) is 11.5. The molecule has 3 aliphatic heterocycles. The smallest absolute Gasteiger partial charge is 0.253 e. The SMILES string of the molecule is O=C(c1ccccc1)N1CCN(C2CN(C(=O)c3ccc(O[C@@H]4CCN(C(=O)c5ccccc5)C4)cc3)C2)CC1. The molecule has 0 radical (unpaired) electrons. The first-order valence-corrected chi connectivity index (χ1v) is 14.0. The Balaban J connectivity index is 0.942. The predicted molar refractivity (Wildman–Crippen MR) is 151 cm³/mol. The third-order valence-corrected chi connectivity index (χ3v) is 8.15. The van der Waals surface area contributed by atoms with E-state index in [1.165, 1.54) is 0 Å². The molecule has 3 fully saturated rings. The van der Waals surface area contributed by atoms with Crippen molar-refractivity contribution >= 4 is 17.7 Å². The number of ether oxygens (including phenoxy) is 1. The van der Waals surface area contributed by atoms with Gasteiger partial charge in [-0.05, 0) is 48.5 Å². The Hall–Kier alpha value is -4.17. The first-order chi connectivity index (χ1) is 19.5. The van der Waals surface area contributed by atoms with Crippen LogP contribution in [0.3, 0.4) is 0 Å². The van der Waals surface area contributed by atoms with Gasteiger partial charge in [0, 0.05) is 75.0 Å². The molecule has 0 spiro atoms. The lowest BCUT2D eigenvalue weighted by atomic mass is 10.0. The van der Waals surface area contributed by atoms with Crippen LogP contribution in [0.4, 0.5) is 0 Å². The molecule has 0 bridgehead atoms.